The number of allylic oxidation sites excluding steroid dienone is 3. The van der Waals surface area contributed by atoms with Crippen LogP contribution in [0, 0.1) is 0 Å². The van der Waals surface area contributed by atoms with Crippen molar-refractivity contribution < 1.29 is 51.8 Å². The Morgan fingerprint density at radius 2 is 1.31 bits per heavy atom. The van der Waals surface area contributed by atoms with Crippen LogP contribution in [0.4, 0.5) is 0 Å². The van der Waals surface area contributed by atoms with Crippen LogP contribution in [-0.4, -0.2) is 95.4 Å². The van der Waals surface area contributed by atoms with Gasteiger partial charge in [-0.1, -0.05) is 115 Å². The quantitative estimate of drug-likeness (QED) is 0.0315. The molecule has 0 spiro atoms. The molecular weight excluding hydrogens is 654 g/mol. The third-order valence-corrected chi connectivity index (χ3v) is 9.19. The van der Waals surface area contributed by atoms with E-state index in [1.54, 1.807) is 6.08 Å². The normalized spacial score (nSPS) is 23.0. The van der Waals surface area contributed by atoms with Crippen molar-refractivity contribution in [2.75, 3.05) is 13.2 Å². The molecule has 0 aromatic rings. The highest BCUT2D eigenvalue weighted by Gasteiger charge is 2.48. The molecule has 0 saturated carbocycles. The van der Waals surface area contributed by atoms with E-state index in [9.17, 15) is 33.6 Å². The van der Waals surface area contributed by atoms with Crippen molar-refractivity contribution in [2.45, 2.75) is 185 Å². The molecule has 1 saturated heterocycles. The number of hydrogen-bond donors (Lipinski definition) is 6. The minimum absolute atomic E-state index is 0.258. The van der Waals surface area contributed by atoms with E-state index in [4.69, 9.17) is 14.0 Å². The van der Waals surface area contributed by atoms with E-state index in [2.05, 4.69) is 35.5 Å². The highest BCUT2D eigenvalue weighted by Crippen LogP contribution is 2.26. The van der Waals surface area contributed by atoms with Crippen molar-refractivity contribution in [3.63, 3.8) is 0 Å². The molecule has 7 unspecified atom stereocenters. The first kappa shape index (κ1) is 45.6. The molecule has 7 atom stereocenters. The first-order valence-corrected chi connectivity index (χ1v) is 20.1. The van der Waals surface area contributed by atoms with E-state index < -0.39 is 59.9 Å². The van der Waals surface area contributed by atoms with Crippen molar-refractivity contribution in [1.82, 2.24) is 5.32 Å². The van der Waals surface area contributed by atoms with Crippen molar-refractivity contribution in [3.8, 4) is 0 Å². The van der Waals surface area contributed by atoms with Crippen LogP contribution in [0.5, 0.6) is 0 Å². The molecule has 288 valence electrons. The number of aliphatic hydroxyl groups is 4. The molecule has 0 aromatic heterocycles. The molecule has 1 rings (SSSR count). The maximum atomic E-state index is 12.9. The van der Waals surface area contributed by atoms with Crippen LogP contribution in [0.15, 0.2) is 24.3 Å². The van der Waals surface area contributed by atoms with Gasteiger partial charge >= 0.3 is 10.4 Å². The number of carbonyl (C=O) groups is 1. The van der Waals surface area contributed by atoms with Crippen molar-refractivity contribution >= 4 is 16.3 Å². The van der Waals surface area contributed by atoms with Gasteiger partial charge in [0.1, 0.15) is 24.4 Å². The SMILES string of the molecule is CCCCC/C=C\CCCCCCCC(=O)NC(COC1OC(CO)C(O)C(OS(=O)(=O)O)C1O)C(O)/C=C/CCCCCCCCCC. The predicted octanol–water partition coefficient (Wildman–Crippen LogP) is 5.43. The van der Waals surface area contributed by atoms with Gasteiger partial charge in [-0.3, -0.25) is 9.35 Å². The van der Waals surface area contributed by atoms with E-state index in [-0.39, 0.29) is 18.9 Å². The maximum absolute atomic E-state index is 12.9. The van der Waals surface area contributed by atoms with Crippen molar-refractivity contribution in [2.24, 2.45) is 0 Å². The van der Waals surface area contributed by atoms with Crippen LogP contribution in [0.1, 0.15) is 142 Å². The van der Waals surface area contributed by atoms with Gasteiger partial charge in [0.2, 0.25) is 5.91 Å². The number of nitrogens with one attached hydrogen (secondary N) is 1. The standard InChI is InChI=1S/C36H67NO11S/c1-3-5-7-9-11-13-15-16-18-20-22-24-26-32(40)37-29(30(39)25-23-21-19-17-14-12-10-8-6-4-2)28-46-36-34(42)35(48-49(43,44)45)33(41)31(27-38)47-36/h11,13,23,25,29-31,33-36,38-39,41-42H,3-10,12,14-22,24,26-28H2,1-2H3,(H,37,40)(H,43,44,45)/b13-11-,25-23+. The average Bonchev–Trinajstić information content (AvgIpc) is 3.06. The number of unbranched alkanes of at least 4 members (excludes halogenated alkanes) is 16. The maximum Gasteiger partial charge on any atom is 0.397 e. The zero-order valence-electron chi connectivity index (χ0n) is 30.0. The third kappa shape index (κ3) is 22.2. The van der Waals surface area contributed by atoms with Crippen LogP contribution in [-0.2, 0) is 28.9 Å². The summed E-state index contributed by atoms with van der Waals surface area (Å²) in [7, 11) is -5.08. The van der Waals surface area contributed by atoms with Crippen LogP contribution in [0.3, 0.4) is 0 Å². The molecular formula is C36H67NO11S. The van der Waals surface area contributed by atoms with Crippen molar-refractivity contribution in [3.05, 3.63) is 24.3 Å². The zero-order valence-corrected chi connectivity index (χ0v) is 30.8. The Morgan fingerprint density at radius 3 is 1.88 bits per heavy atom. The Morgan fingerprint density at radius 1 is 0.796 bits per heavy atom. The van der Waals surface area contributed by atoms with E-state index in [0.29, 0.717) is 6.42 Å². The summed E-state index contributed by atoms with van der Waals surface area (Å²) in [5.41, 5.74) is 0. The Labute approximate surface area is 295 Å². The molecule has 12 nitrogen and oxygen atoms in total. The monoisotopic (exact) mass is 721 g/mol. The summed E-state index contributed by atoms with van der Waals surface area (Å²) in [6.07, 6.45) is 19.5. The largest absolute Gasteiger partial charge is 0.397 e. The van der Waals surface area contributed by atoms with Crippen molar-refractivity contribution in [1.29, 1.82) is 0 Å². The van der Waals surface area contributed by atoms with Gasteiger partial charge in [-0.05, 0) is 44.9 Å². The van der Waals surface area contributed by atoms with Gasteiger partial charge in [0, 0.05) is 6.42 Å². The molecule has 6 N–H and O–H groups in total. The highest BCUT2D eigenvalue weighted by atomic mass is 32.3. The molecule has 0 aromatic carbocycles. The van der Waals surface area contributed by atoms with Crippen LogP contribution < -0.4 is 5.32 Å². The fourth-order valence-corrected chi connectivity index (χ4v) is 6.25. The fourth-order valence-electron chi connectivity index (χ4n) is 5.74. The zero-order chi connectivity index (χ0) is 36.3. The Kier molecular flexibility index (Phi) is 26.2. The van der Waals surface area contributed by atoms with Crippen LogP contribution in [0.2, 0.25) is 0 Å². The number of amides is 1. The summed E-state index contributed by atoms with van der Waals surface area (Å²) in [5, 5.41) is 44.3. The molecule has 1 aliphatic heterocycles. The molecule has 1 aliphatic rings. The molecule has 0 radical (unpaired) electrons. The Balaban J connectivity index is 2.67. The lowest BCUT2D eigenvalue weighted by Gasteiger charge is -2.41. The lowest BCUT2D eigenvalue weighted by atomic mass is 9.99. The van der Waals surface area contributed by atoms with Gasteiger partial charge < -0.3 is 35.2 Å². The molecule has 1 fully saturated rings. The van der Waals surface area contributed by atoms with E-state index >= 15 is 0 Å². The van der Waals surface area contributed by atoms with Gasteiger partial charge in [-0.2, -0.15) is 8.42 Å². The second kappa shape index (κ2) is 28.2. The van der Waals surface area contributed by atoms with Gasteiger partial charge in [-0.15, -0.1) is 0 Å². The molecule has 49 heavy (non-hydrogen) atoms. The van der Waals surface area contributed by atoms with Crippen LogP contribution in [0.25, 0.3) is 0 Å². The number of rotatable bonds is 30. The number of carbonyl (C=O) groups excluding carboxylic acids is 1. The summed E-state index contributed by atoms with van der Waals surface area (Å²) < 4.78 is 47.2. The lowest BCUT2D eigenvalue weighted by Crippen LogP contribution is -2.61. The van der Waals surface area contributed by atoms with E-state index in [1.165, 1.54) is 57.8 Å². The first-order chi connectivity index (χ1) is 23.5. The average molecular weight is 722 g/mol. The predicted molar refractivity (Wildman–Crippen MR) is 190 cm³/mol. The molecule has 1 amide bonds. The lowest BCUT2D eigenvalue weighted by molar-refractivity contribution is -0.298. The number of hydrogen-bond acceptors (Lipinski definition) is 10. The second-order valence-corrected chi connectivity index (χ2v) is 14.2. The summed E-state index contributed by atoms with van der Waals surface area (Å²) in [6.45, 7) is 3.28. The fraction of sp³-hybridized carbons (Fsp3) is 0.861. The number of aliphatic hydroxyl groups excluding tert-OH is 4. The molecule has 0 bridgehead atoms. The molecule has 0 aliphatic carbocycles. The summed E-state index contributed by atoms with van der Waals surface area (Å²) in [4.78, 5) is 12.9. The second-order valence-electron chi connectivity index (χ2n) is 13.2. The van der Waals surface area contributed by atoms with E-state index in [0.717, 1.165) is 57.8 Å². The highest BCUT2D eigenvalue weighted by molar-refractivity contribution is 7.80. The summed E-state index contributed by atoms with van der Waals surface area (Å²) in [6, 6.07) is -0.942. The Hall–Kier alpha value is -1.42. The number of ether oxygens (including phenoxy) is 2. The molecule has 1 heterocycles. The third-order valence-electron chi connectivity index (χ3n) is 8.73. The smallest absolute Gasteiger partial charge is 0.394 e. The van der Waals surface area contributed by atoms with Gasteiger partial charge in [0.25, 0.3) is 0 Å². The summed E-state index contributed by atoms with van der Waals surface area (Å²) >= 11 is 0. The summed E-state index contributed by atoms with van der Waals surface area (Å²) in [5.74, 6) is -0.277. The molecule has 13 heteroatoms. The topological polar surface area (TPSA) is 192 Å². The minimum Gasteiger partial charge on any atom is -0.394 e. The van der Waals surface area contributed by atoms with Gasteiger partial charge in [0.15, 0.2) is 6.29 Å². The van der Waals surface area contributed by atoms with Gasteiger partial charge in [0.05, 0.1) is 25.4 Å². The van der Waals surface area contributed by atoms with E-state index in [1.807, 2.05) is 6.08 Å². The minimum atomic E-state index is -5.08. The van der Waals surface area contributed by atoms with Crippen LogP contribution >= 0.6 is 0 Å². The first-order valence-electron chi connectivity index (χ1n) is 18.7. The van der Waals surface area contributed by atoms with Gasteiger partial charge in [-0.25, -0.2) is 4.18 Å². The Bertz CT molecular complexity index is 993.